The van der Waals surface area contributed by atoms with Crippen LogP contribution < -0.4 is 0 Å². The zero-order valence-electron chi connectivity index (χ0n) is 22.1. The van der Waals surface area contributed by atoms with Crippen molar-refractivity contribution in [1.29, 1.82) is 0 Å². The summed E-state index contributed by atoms with van der Waals surface area (Å²) >= 11 is 0. The largest absolute Gasteiger partial charge is 0.464 e. The maximum absolute atomic E-state index is 13.7. The van der Waals surface area contributed by atoms with E-state index in [1.807, 2.05) is 39.0 Å². The first kappa shape index (κ1) is 26.0. The van der Waals surface area contributed by atoms with Crippen LogP contribution in [0, 0.1) is 11.8 Å². The van der Waals surface area contributed by atoms with Crippen LogP contribution >= 0.6 is 0 Å². The number of aromatic amines is 1. The molecular formula is C28H39N3O5. The summed E-state index contributed by atoms with van der Waals surface area (Å²) in [6.45, 7) is 8.65. The molecule has 2 amide bonds. The summed E-state index contributed by atoms with van der Waals surface area (Å²) in [4.78, 5) is 45.8. The molecule has 0 bridgehead atoms. The maximum Gasteiger partial charge on any atom is 0.410 e. The minimum atomic E-state index is -0.611. The summed E-state index contributed by atoms with van der Waals surface area (Å²) in [5, 5.41) is 1.10. The van der Waals surface area contributed by atoms with E-state index in [4.69, 9.17) is 9.47 Å². The van der Waals surface area contributed by atoms with Gasteiger partial charge in [0.15, 0.2) is 0 Å². The molecule has 0 unspecified atom stereocenters. The zero-order valence-corrected chi connectivity index (χ0v) is 22.1. The second-order valence-electron chi connectivity index (χ2n) is 11.1. The minimum absolute atomic E-state index is 0.0244. The number of rotatable bonds is 5. The van der Waals surface area contributed by atoms with Gasteiger partial charge in [0.2, 0.25) is 5.91 Å². The van der Waals surface area contributed by atoms with Crippen molar-refractivity contribution in [2.75, 3.05) is 20.2 Å². The van der Waals surface area contributed by atoms with E-state index in [0.29, 0.717) is 25.4 Å². The van der Waals surface area contributed by atoms with E-state index in [-0.39, 0.29) is 30.5 Å². The summed E-state index contributed by atoms with van der Waals surface area (Å²) in [5.74, 6) is -0.115. The quantitative estimate of drug-likeness (QED) is 0.607. The summed E-state index contributed by atoms with van der Waals surface area (Å²) < 4.78 is 10.8. The van der Waals surface area contributed by atoms with E-state index >= 15 is 0 Å². The number of benzene rings is 1. The fourth-order valence-corrected chi connectivity index (χ4v) is 5.52. The van der Waals surface area contributed by atoms with E-state index < -0.39 is 11.6 Å². The lowest BCUT2D eigenvalue weighted by atomic mass is 9.80. The molecule has 1 saturated carbocycles. The Hall–Kier alpha value is -3.03. The molecule has 1 atom stereocenters. The fraction of sp³-hybridized carbons (Fsp3) is 0.607. The van der Waals surface area contributed by atoms with E-state index in [2.05, 4.69) is 11.1 Å². The normalized spacial score (nSPS) is 22.1. The third-order valence-corrected chi connectivity index (χ3v) is 7.28. The van der Waals surface area contributed by atoms with Gasteiger partial charge in [0.25, 0.3) is 0 Å². The van der Waals surface area contributed by atoms with Gasteiger partial charge in [0, 0.05) is 42.5 Å². The Bertz CT molecular complexity index is 1110. The lowest BCUT2D eigenvalue weighted by molar-refractivity contribution is -0.158. The molecule has 0 spiro atoms. The van der Waals surface area contributed by atoms with E-state index in [1.165, 1.54) is 0 Å². The van der Waals surface area contributed by atoms with Crippen LogP contribution in [0.15, 0.2) is 24.3 Å². The monoisotopic (exact) mass is 497 g/mol. The number of ether oxygens (including phenoxy) is 2. The number of hydrogen-bond acceptors (Lipinski definition) is 5. The highest BCUT2D eigenvalue weighted by Gasteiger charge is 2.40. The second kappa shape index (κ2) is 10.5. The number of nitrogens with zero attached hydrogens (tertiary/aromatic N) is 2. The molecule has 1 aliphatic carbocycles. The lowest BCUT2D eigenvalue weighted by Crippen LogP contribution is -2.51. The number of carbonyl (C=O) groups excluding carboxylic acids is 3. The third kappa shape index (κ3) is 5.68. The van der Waals surface area contributed by atoms with Crippen LogP contribution in [0.3, 0.4) is 0 Å². The van der Waals surface area contributed by atoms with Crippen LogP contribution in [0.2, 0.25) is 0 Å². The zero-order chi connectivity index (χ0) is 26.0. The van der Waals surface area contributed by atoms with Gasteiger partial charge < -0.3 is 24.3 Å². The highest BCUT2D eigenvalue weighted by atomic mass is 16.6. The summed E-state index contributed by atoms with van der Waals surface area (Å²) in [6.07, 6.45) is 3.35. The van der Waals surface area contributed by atoms with Gasteiger partial charge in [-0.3, -0.25) is 4.79 Å². The molecule has 36 heavy (non-hydrogen) atoms. The Morgan fingerprint density at radius 2 is 1.81 bits per heavy atom. The molecule has 1 fully saturated rings. The Labute approximate surface area is 213 Å². The molecule has 1 aromatic heterocycles. The Kier molecular flexibility index (Phi) is 7.62. The minimum Gasteiger partial charge on any atom is -0.464 e. The van der Waals surface area contributed by atoms with Crippen LogP contribution in [0.1, 0.15) is 64.6 Å². The standard InChI is InChI=1S/C28H39N3O5/c1-6-35-26(33)24-15-21-20-9-7-8-10-22(20)29-23(21)17-31(24)25(32)19-13-11-18(12-14-19)16-30(5)27(34)36-28(2,3)4/h7-10,18-19,24,29H,6,11-17H2,1-5H3/t18?,19?,24-/m0/s1. The number of amides is 2. The molecule has 1 aromatic carbocycles. The Balaban J connectivity index is 1.42. The molecule has 2 aliphatic rings. The Morgan fingerprint density at radius 1 is 1.11 bits per heavy atom. The Morgan fingerprint density at radius 3 is 2.47 bits per heavy atom. The second-order valence-corrected chi connectivity index (χ2v) is 11.1. The van der Waals surface area contributed by atoms with Crippen LogP contribution in [-0.2, 0) is 32.0 Å². The molecular weight excluding hydrogens is 458 g/mol. The van der Waals surface area contributed by atoms with Gasteiger partial charge in [-0.1, -0.05) is 18.2 Å². The van der Waals surface area contributed by atoms with Gasteiger partial charge in [-0.2, -0.15) is 0 Å². The molecule has 0 radical (unpaired) electrons. The molecule has 2 heterocycles. The molecule has 1 N–H and O–H groups in total. The average Bonchev–Trinajstić information content (AvgIpc) is 3.20. The first-order valence-corrected chi connectivity index (χ1v) is 13.1. The number of fused-ring (bicyclic) bond motifs is 3. The molecule has 8 heteroatoms. The van der Waals surface area contributed by atoms with Crippen molar-refractivity contribution in [3.63, 3.8) is 0 Å². The number of para-hydroxylation sites is 1. The van der Waals surface area contributed by atoms with E-state index in [0.717, 1.165) is 47.8 Å². The molecule has 1 aliphatic heterocycles. The van der Waals surface area contributed by atoms with Crippen LogP contribution in [-0.4, -0.2) is 64.6 Å². The molecule has 8 nitrogen and oxygen atoms in total. The van der Waals surface area contributed by atoms with Crippen molar-refractivity contribution in [1.82, 2.24) is 14.8 Å². The number of nitrogens with one attached hydrogen (secondary N) is 1. The van der Waals surface area contributed by atoms with Crippen LogP contribution in [0.4, 0.5) is 4.79 Å². The first-order chi connectivity index (χ1) is 17.1. The van der Waals surface area contributed by atoms with Gasteiger partial charge in [-0.15, -0.1) is 0 Å². The molecule has 2 aromatic rings. The number of H-pyrrole nitrogens is 1. The number of aromatic nitrogens is 1. The number of carbonyl (C=O) groups is 3. The van der Waals surface area contributed by atoms with Gasteiger partial charge in [0.1, 0.15) is 11.6 Å². The van der Waals surface area contributed by atoms with Crippen molar-refractivity contribution in [2.45, 2.75) is 78.0 Å². The highest BCUT2D eigenvalue weighted by Crippen LogP contribution is 2.35. The number of esters is 1. The van der Waals surface area contributed by atoms with Gasteiger partial charge in [-0.25, -0.2) is 9.59 Å². The van der Waals surface area contributed by atoms with Gasteiger partial charge in [-0.05, 0) is 70.9 Å². The van der Waals surface area contributed by atoms with E-state index in [1.54, 1.807) is 23.8 Å². The van der Waals surface area contributed by atoms with E-state index in [9.17, 15) is 14.4 Å². The summed E-state index contributed by atoms with van der Waals surface area (Å²) in [5.41, 5.74) is 2.60. The van der Waals surface area contributed by atoms with Crippen molar-refractivity contribution < 1.29 is 23.9 Å². The lowest BCUT2D eigenvalue weighted by Gasteiger charge is -2.38. The molecule has 196 valence electrons. The molecule has 0 saturated heterocycles. The van der Waals surface area contributed by atoms with Gasteiger partial charge in [0.05, 0.1) is 13.2 Å². The molecule has 4 rings (SSSR count). The smallest absolute Gasteiger partial charge is 0.410 e. The predicted octanol–water partition coefficient (Wildman–Crippen LogP) is 4.66. The predicted molar refractivity (Wildman–Crippen MR) is 137 cm³/mol. The topological polar surface area (TPSA) is 91.9 Å². The van der Waals surface area contributed by atoms with Gasteiger partial charge >= 0.3 is 12.1 Å². The fourth-order valence-electron chi connectivity index (χ4n) is 5.52. The average molecular weight is 498 g/mol. The van der Waals surface area contributed by atoms with Crippen molar-refractivity contribution in [2.24, 2.45) is 11.8 Å². The number of hydrogen-bond donors (Lipinski definition) is 1. The van der Waals surface area contributed by atoms with Crippen molar-refractivity contribution >= 4 is 28.9 Å². The van der Waals surface area contributed by atoms with Crippen molar-refractivity contribution in [3.05, 3.63) is 35.5 Å². The van der Waals surface area contributed by atoms with Crippen LogP contribution in [0.5, 0.6) is 0 Å². The highest BCUT2D eigenvalue weighted by molar-refractivity contribution is 5.90. The summed E-state index contributed by atoms with van der Waals surface area (Å²) in [7, 11) is 1.76. The van der Waals surface area contributed by atoms with Crippen molar-refractivity contribution in [3.8, 4) is 0 Å². The van der Waals surface area contributed by atoms with Crippen LogP contribution in [0.25, 0.3) is 10.9 Å². The third-order valence-electron chi connectivity index (χ3n) is 7.28. The first-order valence-electron chi connectivity index (χ1n) is 13.1. The SMILES string of the molecule is CCOC(=O)[C@@H]1Cc2c([nH]c3ccccc23)CN1C(=O)C1CCC(CN(C)C(=O)OC(C)(C)C)CC1. The maximum atomic E-state index is 13.7. The summed E-state index contributed by atoms with van der Waals surface area (Å²) in [6, 6.07) is 7.44.